The zero-order valence-electron chi connectivity index (χ0n) is 7.74. The molecule has 4 atom stereocenters. The van der Waals surface area contributed by atoms with E-state index in [-0.39, 0.29) is 6.17 Å². The molecule has 3 nitrogen and oxygen atoms in total. The molecule has 1 saturated heterocycles. The predicted molar refractivity (Wildman–Crippen MR) is 45.2 cm³/mol. The lowest BCUT2D eigenvalue weighted by molar-refractivity contribution is 0.191. The number of epoxide rings is 1. The van der Waals surface area contributed by atoms with Gasteiger partial charge in [-0.05, 0) is 21.0 Å². The highest BCUT2D eigenvalue weighted by Gasteiger charge is 2.41. The molecule has 1 aliphatic heterocycles. The molecule has 3 heteroatoms. The largest absolute Gasteiger partial charge is 0.369 e. The van der Waals surface area contributed by atoms with Gasteiger partial charge in [0.15, 0.2) is 0 Å². The van der Waals surface area contributed by atoms with Crippen molar-refractivity contribution >= 4 is 0 Å². The standard InChI is InChI=1S/C8H18N2O/c1-5(7-6(2)11-7)8(9)10(3)4/h5-8H,9H2,1-4H3. The van der Waals surface area contributed by atoms with Gasteiger partial charge in [0.25, 0.3) is 0 Å². The first-order valence-corrected chi connectivity index (χ1v) is 4.11. The van der Waals surface area contributed by atoms with Crippen molar-refractivity contribution in [3.8, 4) is 0 Å². The van der Waals surface area contributed by atoms with E-state index in [0.717, 1.165) is 0 Å². The Kier molecular flexibility index (Phi) is 2.52. The Hall–Kier alpha value is -0.120. The topological polar surface area (TPSA) is 41.8 Å². The molecule has 1 aliphatic rings. The summed E-state index contributed by atoms with van der Waals surface area (Å²) in [6, 6.07) is 0. The number of hydrogen-bond donors (Lipinski definition) is 1. The van der Waals surface area contributed by atoms with Crippen molar-refractivity contribution in [3.63, 3.8) is 0 Å². The van der Waals surface area contributed by atoms with Crippen LogP contribution in [0.15, 0.2) is 0 Å². The number of rotatable bonds is 3. The van der Waals surface area contributed by atoms with Crippen molar-refractivity contribution in [1.82, 2.24) is 4.90 Å². The lowest BCUT2D eigenvalue weighted by Crippen LogP contribution is -2.44. The predicted octanol–water partition coefficient (Wildman–Crippen LogP) is 0.256. The third-order valence-corrected chi connectivity index (χ3v) is 2.41. The van der Waals surface area contributed by atoms with Crippen molar-refractivity contribution < 1.29 is 4.74 Å². The molecule has 0 bridgehead atoms. The molecule has 11 heavy (non-hydrogen) atoms. The van der Waals surface area contributed by atoms with Crippen LogP contribution in [0.1, 0.15) is 13.8 Å². The first-order valence-electron chi connectivity index (χ1n) is 4.11. The fraction of sp³-hybridized carbons (Fsp3) is 1.00. The van der Waals surface area contributed by atoms with Crippen LogP contribution < -0.4 is 5.73 Å². The minimum atomic E-state index is 0.116. The SMILES string of the molecule is CC1OC1C(C)C(N)N(C)C. The zero-order chi connectivity index (χ0) is 8.59. The van der Waals surface area contributed by atoms with E-state index in [1.54, 1.807) is 0 Å². The van der Waals surface area contributed by atoms with E-state index in [1.165, 1.54) is 0 Å². The molecule has 66 valence electrons. The van der Waals surface area contributed by atoms with E-state index < -0.39 is 0 Å². The summed E-state index contributed by atoms with van der Waals surface area (Å²) in [5.41, 5.74) is 5.91. The Morgan fingerprint density at radius 2 is 1.91 bits per heavy atom. The van der Waals surface area contributed by atoms with Crippen LogP contribution in [-0.2, 0) is 4.74 Å². The molecule has 0 aromatic heterocycles. The summed E-state index contributed by atoms with van der Waals surface area (Å²) in [4.78, 5) is 2.03. The maximum Gasteiger partial charge on any atom is 0.0892 e. The third kappa shape index (κ3) is 1.92. The van der Waals surface area contributed by atoms with Crippen molar-refractivity contribution in [3.05, 3.63) is 0 Å². The lowest BCUT2D eigenvalue weighted by Gasteiger charge is -2.24. The zero-order valence-corrected chi connectivity index (χ0v) is 7.74. The summed E-state index contributed by atoms with van der Waals surface area (Å²) in [6.07, 6.45) is 0.911. The molecular formula is C8H18N2O. The molecular weight excluding hydrogens is 140 g/mol. The second-order valence-corrected chi connectivity index (χ2v) is 3.62. The van der Waals surface area contributed by atoms with Gasteiger partial charge in [-0.25, -0.2) is 0 Å². The van der Waals surface area contributed by atoms with Crippen molar-refractivity contribution in [2.24, 2.45) is 11.7 Å². The molecule has 0 radical (unpaired) electrons. The van der Waals surface area contributed by atoms with Gasteiger partial charge in [-0.2, -0.15) is 0 Å². The summed E-state index contributed by atoms with van der Waals surface area (Å²) in [6.45, 7) is 4.22. The van der Waals surface area contributed by atoms with Crippen LogP contribution in [0, 0.1) is 5.92 Å². The number of hydrogen-bond acceptors (Lipinski definition) is 3. The average Bonchev–Trinajstić information content (AvgIpc) is 2.63. The monoisotopic (exact) mass is 158 g/mol. The fourth-order valence-electron chi connectivity index (χ4n) is 1.42. The Morgan fingerprint density at radius 3 is 2.18 bits per heavy atom. The van der Waals surface area contributed by atoms with E-state index in [4.69, 9.17) is 10.5 Å². The van der Waals surface area contributed by atoms with Gasteiger partial charge in [0.1, 0.15) is 0 Å². The Labute approximate surface area is 68.5 Å². The molecule has 0 saturated carbocycles. The Morgan fingerprint density at radius 1 is 1.45 bits per heavy atom. The highest BCUT2D eigenvalue weighted by molar-refractivity contribution is 4.89. The minimum Gasteiger partial charge on any atom is -0.369 e. The highest BCUT2D eigenvalue weighted by atomic mass is 16.6. The quantitative estimate of drug-likeness (QED) is 0.473. The first-order chi connectivity index (χ1) is 5.04. The molecule has 0 spiro atoms. The van der Waals surface area contributed by atoms with Crippen LogP contribution in [0.4, 0.5) is 0 Å². The maximum absolute atomic E-state index is 5.91. The van der Waals surface area contributed by atoms with E-state index in [0.29, 0.717) is 18.1 Å². The van der Waals surface area contributed by atoms with Gasteiger partial charge in [0, 0.05) is 5.92 Å². The maximum atomic E-state index is 5.91. The van der Waals surface area contributed by atoms with Gasteiger partial charge in [-0.1, -0.05) is 6.92 Å². The molecule has 1 rings (SSSR count). The van der Waals surface area contributed by atoms with Gasteiger partial charge >= 0.3 is 0 Å². The van der Waals surface area contributed by atoms with E-state index >= 15 is 0 Å². The number of nitrogens with zero attached hydrogens (tertiary/aromatic N) is 1. The van der Waals surface area contributed by atoms with Crippen molar-refractivity contribution in [2.75, 3.05) is 14.1 Å². The minimum absolute atomic E-state index is 0.116. The van der Waals surface area contributed by atoms with Crippen LogP contribution in [0.5, 0.6) is 0 Å². The van der Waals surface area contributed by atoms with Crippen LogP contribution in [0.2, 0.25) is 0 Å². The first kappa shape index (κ1) is 8.97. The molecule has 1 heterocycles. The molecule has 2 N–H and O–H groups in total. The average molecular weight is 158 g/mol. The highest BCUT2D eigenvalue weighted by Crippen LogP contribution is 2.30. The van der Waals surface area contributed by atoms with E-state index in [2.05, 4.69) is 13.8 Å². The Bertz CT molecular complexity index is 138. The van der Waals surface area contributed by atoms with E-state index in [1.807, 2.05) is 19.0 Å². The van der Waals surface area contributed by atoms with Crippen LogP contribution in [0.25, 0.3) is 0 Å². The second-order valence-electron chi connectivity index (χ2n) is 3.62. The van der Waals surface area contributed by atoms with Crippen molar-refractivity contribution in [1.29, 1.82) is 0 Å². The summed E-state index contributed by atoms with van der Waals surface area (Å²) < 4.78 is 5.34. The molecule has 0 aromatic carbocycles. The van der Waals surface area contributed by atoms with Gasteiger partial charge in [0.05, 0.1) is 18.4 Å². The Balaban J connectivity index is 2.35. The lowest BCUT2D eigenvalue weighted by atomic mass is 10.0. The summed E-state index contributed by atoms with van der Waals surface area (Å²) in [7, 11) is 3.99. The van der Waals surface area contributed by atoms with Crippen LogP contribution in [-0.4, -0.2) is 37.4 Å². The molecule has 4 unspecified atom stereocenters. The molecule has 0 aliphatic carbocycles. The smallest absolute Gasteiger partial charge is 0.0892 e. The van der Waals surface area contributed by atoms with Gasteiger partial charge in [-0.3, -0.25) is 4.90 Å². The van der Waals surface area contributed by atoms with Gasteiger partial charge < -0.3 is 10.5 Å². The summed E-state index contributed by atoms with van der Waals surface area (Å²) >= 11 is 0. The van der Waals surface area contributed by atoms with Gasteiger partial charge in [-0.15, -0.1) is 0 Å². The summed E-state index contributed by atoms with van der Waals surface area (Å²) in [5, 5.41) is 0. The van der Waals surface area contributed by atoms with Crippen LogP contribution in [0.3, 0.4) is 0 Å². The third-order valence-electron chi connectivity index (χ3n) is 2.41. The van der Waals surface area contributed by atoms with Crippen molar-refractivity contribution in [2.45, 2.75) is 32.2 Å². The van der Waals surface area contributed by atoms with Gasteiger partial charge in [0.2, 0.25) is 0 Å². The number of nitrogens with two attached hydrogens (primary N) is 1. The number of ether oxygens (including phenoxy) is 1. The van der Waals surface area contributed by atoms with E-state index in [9.17, 15) is 0 Å². The molecule has 0 amide bonds. The summed E-state index contributed by atoms with van der Waals surface area (Å²) in [5.74, 6) is 0.431. The second kappa shape index (κ2) is 3.09. The molecule has 1 fully saturated rings. The molecule has 0 aromatic rings. The normalized spacial score (nSPS) is 35.5. The fourth-order valence-corrected chi connectivity index (χ4v) is 1.42. The van der Waals surface area contributed by atoms with Crippen LogP contribution >= 0.6 is 0 Å².